The number of fused-ring (bicyclic) bond motifs is 1. The number of anilines is 1. The maximum atomic E-state index is 13.2. The van der Waals surface area contributed by atoms with Crippen molar-refractivity contribution >= 4 is 21.4 Å². The van der Waals surface area contributed by atoms with Gasteiger partial charge in [0.25, 0.3) is 5.91 Å². The quantitative estimate of drug-likeness (QED) is 0.856. The van der Waals surface area contributed by atoms with Crippen LogP contribution in [0.5, 0.6) is 0 Å². The van der Waals surface area contributed by atoms with Crippen LogP contribution >= 0.6 is 0 Å². The molecule has 2 atom stereocenters. The minimum Gasteiger partial charge on any atom is -0.323 e. The topological polar surface area (TPSA) is 58.9 Å². The van der Waals surface area contributed by atoms with E-state index >= 15 is 0 Å². The first-order chi connectivity index (χ1) is 13.0. The Kier molecular flexibility index (Phi) is 4.85. The fourth-order valence-electron chi connectivity index (χ4n) is 3.92. The highest BCUT2D eigenvalue weighted by atomic mass is 32.2. The number of sulfone groups is 1. The molecule has 4 rings (SSSR count). The molecule has 2 aromatic rings. The van der Waals surface area contributed by atoms with Crippen molar-refractivity contribution in [3.05, 3.63) is 77.2 Å². The number of carbonyl (C=O) groups is 1. The molecule has 0 spiro atoms. The molecule has 140 valence electrons. The van der Waals surface area contributed by atoms with E-state index in [1.165, 1.54) is 21.4 Å². The van der Waals surface area contributed by atoms with Crippen LogP contribution in [0.4, 0.5) is 5.69 Å². The van der Waals surface area contributed by atoms with Crippen LogP contribution in [0.15, 0.2) is 66.1 Å². The molecule has 2 aliphatic heterocycles. The molecule has 2 aromatic carbocycles. The molecule has 0 fully saturated rings. The zero-order valence-electron chi connectivity index (χ0n) is 15.0. The Hall–Kier alpha value is -2.44. The summed E-state index contributed by atoms with van der Waals surface area (Å²) in [6.45, 7) is 2.08. The van der Waals surface area contributed by atoms with E-state index in [2.05, 4.69) is 18.2 Å². The van der Waals surface area contributed by atoms with Crippen LogP contribution in [0.2, 0.25) is 0 Å². The zero-order valence-corrected chi connectivity index (χ0v) is 15.9. The number of nitrogens with zero attached hydrogens (tertiary/aromatic N) is 1. The van der Waals surface area contributed by atoms with E-state index in [0.29, 0.717) is 6.54 Å². The van der Waals surface area contributed by atoms with E-state index in [9.17, 15) is 13.2 Å². The van der Waals surface area contributed by atoms with Gasteiger partial charge in [-0.05, 0) is 23.8 Å². The van der Waals surface area contributed by atoms with Crippen LogP contribution < -0.4 is 9.80 Å². The summed E-state index contributed by atoms with van der Waals surface area (Å²) in [6.07, 6.45) is 2.59. The highest BCUT2D eigenvalue weighted by molar-refractivity contribution is 7.94. The van der Waals surface area contributed by atoms with Gasteiger partial charge in [-0.1, -0.05) is 42.5 Å². The van der Waals surface area contributed by atoms with Gasteiger partial charge in [0.2, 0.25) is 0 Å². The van der Waals surface area contributed by atoms with Crippen LogP contribution in [-0.4, -0.2) is 39.2 Å². The summed E-state index contributed by atoms with van der Waals surface area (Å²) < 4.78 is 23.8. The van der Waals surface area contributed by atoms with E-state index in [-0.39, 0.29) is 11.7 Å². The van der Waals surface area contributed by atoms with Crippen molar-refractivity contribution in [2.24, 2.45) is 0 Å². The van der Waals surface area contributed by atoms with Crippen LogP contribution in [0.1, 0.15) is 11.1 Å². The molecular formula is C21H23N2O3S+. The van der Waals surface area contributed by atoms with Crippen molar-refractivity contribution in [3.63, 3.8) is 0 Å². The largest absolute Gasteiger partial charge is 0.323 e. The average Bonchev–Trinajstić information content (AvgIpc) is 3.02. The molecule has 1 unspecified atom stereocenters. The number of hydrogen-bond acceptors (Lipinski definition) is 3. The number of hydrogen-bond donors (Lipinski definition) is 1. The third-order valence-electron chi connectivity index (χ3n) is 5.25. The molecule has 1 amide bonds. The maximum Gasteiger partial charge on any atom is 0.282 e. The second-order valence-corrected chi connectivity index (χ2v) is 9.13. The molecule has 27 heavy (non-hydrogen) atoms. The molecule has 2 aliphatic rings. The number of amides is 1. The molecule has 0 saturated heterocycles. The van der Waals surface area contributed by atoms with Gasteiger partial charge in [0.1, 0.15) is 6.54 Å². The number of nitrogens with one attached hydrogen (secondary N) is 1. The number of benzene rings is 2. The summed E-state index contributed by atoms with van der Waals surface area (Å²) >= 11 is 0. The Bertz CT molecular complexity index is 970. The molecule has 6 heteroatoms. The number of rotatable bonds is 4. The number of para-hydroxylation sites is 1. The summed E-state index contributed by atoms with van der Waals surface area (Å²) in [5.41, 5.74) is 3.39. The number of quaternary nitrogens is 1. The third kappa shape index (κ3) is 3.96. The standard InChI is InChI=1S/C21H22N2O3S/c24-21(15-22-12-10-17-6-4-5-7-18(17)14-22)23(19-8-2-1-3-9-19)20-11-13-27(25,26)16-20/h1-9,11,13,20H,10,12,14-16H2/p+1/t20-/m1/s1. The van der Waals surface area contributed by atoms with Crippen LogP contribution in [0.25, 0.3) is 0 Å². The second-order valence-electron chi connectivity index (χ2n) is 7.20. The summed E-state index contributed by atoms with van der Waals surface area (Å²) in [7, 11) is -3.24. The Morgan fingerprint density at radius 3 is 2.44 bits per heavy atom. The van der Waals surface area contributed by atoms with Gasteiger partial charge in [-0.2, -0.15) is 0 Å². The van der Waals surface area contributed by atoms with Gasteiger partial charge in [0.15, 0.2) is 16.4 Å². The van der Waals surface area contributed by atoms with Gasteiger partial charge in [-0.25, -0.2) is 8.42 Å². The molecule has 5 nitrogen and oxygen atoms in total. The molecule has 0 aliphatic carbocycles. The molecule has 1 N–H and O–H groups in total. The molecule has 0 bridgehead atoms. The minimum absolute atomic E-state index is 0.0395. The molecule has 0 saturated carbocycles. The van der Waals surface area contributed by atoms with E-state index in [1.807, 2.05) is 36.4 Å². The van der Waals surface area contributed by atoms with Gasteiger partial charge in [-0.15, -0.1) is 0 Å². The van der Waals surface area contributed by atoms with Crippen molar-refractivity contribution in [3.8, 4) is 0 Å². The van der Waals surface area contributed by atoms with Gasteiger partial charge < -0.3 is 4.90 Å². The second kappa shape index (κ2) is 7.29. The highest BCUT2D eigenvalue weighted by Gasteiger charge is 2.33. The lowest BCUT2D eigenvalue weighted by Gasteiger charge is -2.31. The number of carbonyl (C=O) groups excluding carboxylic acids is 1. The van der Waals surface area contributed by atoms with E-state index < -0.39 is 15.9 Å². The van der Waals surface area contributed by atoms with Crippen molar-refractivity contribution in [2.45, 2.75) is 19.0 Å². The van der Waals surface area contributed by atoms with E-state index in [4.69, 9.17) is 0 Å². The predicted molar refractivity (Wildman–Crippen MR) is 105 cm³/mol. The van der Waals surface area contributed by atoms with Crippen LogP contribution in [0.3, 0.4) is 0 Å². The Morgan fingerprint density at radius 1 is 1.04 bits per heavy atom. The summed E-state index contributed by atoms with van der Waals surface area (Å²) in [4.78, 5) is 16.1. The van der Waals surface area contributed by atoms with Crippen LogP contribution in [-0.2, 0) is 27.6 Å². The van der Waals surface area contributed by atoms with Crippen molar-refractivity contribution < 1.29 is 18.1 Å². The molecule has 0 aromatic heterocycles. The summed E-state index contributed by atoms with van der Waals surface area (Å²) in [6, 6.07) is 17.3. The third-order valence-corrected chi connectivity index (χ3v) is 6.63. The lowest BCUT2D eigenvalue weighted by Crippen LogP contribution is -3.13. The summed E-state index contributed by atoms with van der Waals surface area (Å²) in [5.74, 6) is -0.0893. The monoisotopic (exact) mass is 383 g/mol. The van der Waals surface area contributed by atoms with Gasteiger partial charge in [0, 0.05) is 23.1 Å². The molecular weight excluding hydrogens is 360 g/mol. The SMILES string of the molecule is O=C(C[NH+]1CCc2ccccc2C1)N(c1ccccc1)[C@@H]1C=CS(=O)(=O)C1. The zero-order chi connectivity index (χ0) is 18.9. The Labute approximate surface area is 159 Å². The predicted octanol–water partition coefficient (Wildman–Crippen LogP) is 0.972. The van der Waals surface area contributed by atoms with Gasteiger partial charge >= 0.3 is 0 Å². The fraction of sp³-hybridized carbons (Fsp3) is 0.286. The lowest BCUT2D eigenvalue weighted by atomic mass is 10.00. The van der Waals surface area contributed by atoms with Gasteiger partial charge in [0.05, 0.1) is 18.3 Å². The van der Waals surface area contributed by atoms with Crippen molar-refractivity contribution in [1.29, 1.82) is 0 Å². The first-order valence-corrected chi connectivity index (χ1v) is 10.9. The normalized spacial score (nSPS) is 23.0. The van der Waals surface area contributed by atoms with Crippen molar-refractivity contribution in [2.75, 3.05) is 23.7 Å². The first kappa shape index (κ1) is 17.9. The highest BCUT2D eigenvalue weighted by Crippen LogP contribution is 2.22. The molecule has 0 radical (unpaired) electrons. The Balaban J connectivity index is 1.54. The molecule has 2 heterocycles. The maximum absolute atomic E-state index is 13.2. The summed E-state index contributed by atoms with van der Waals surface area (Å²) in [5, 5.41) is 1.23. The fourth-order valence-corrected chi connectivity index (χ4v) is 5.19. The average molecular weight is 383 g/mol. The van der Waals surface area contributed by atoms with E-state index in [1.54, 1.807) is 11.0 Å². The van der Waals surface area contributed by atoms with E-state index in [0.717, 1.165) is 25.2 Å². The van der Waals surface area contributed by atoms with Crippen LogP contribution in [0, 0.1) is 0 Å². The van der Waals surface area contributed by atoms with Gasteiger partial charge in [-0.3, -0.25) is 9.69 Å². The Morgan fingerprint density at radius 2 is 1.74 bits per heavy atom. The first-order valence-electron chi connectivity index (χ1n) is 9.20. The minimum atomic E-state index is -3.24. The smallest absolute Gasteiger partial charge is 0.282 e. The van der Waals surface area contributed by atoms with Crippen molar-refractivity contribution in [1.82, 2.24) is 0 Å². The lowest BCUT2D eigenvalue weighted by molar-refractivity contribution is -0.907.